The molecule has 0 rings (SSSR count). The largest absolute Gasteiger partial charge is 0.377 e. The summed E-state index contributed by atoms with van der Waals surface area (Å²) in [5.41, 5.74) is 1.21. The van der Waals surface area contributed by atoms with Crippen LogP contribution in [0.25, 0.3) is 0 Å². The number of ether oxygens (including phenoxy) is 1. The molecule has 1 N–H and O–H groups in total. The Hall–Kier alpha value is -0.340. The van der Waals surface area contributed by atoms with E-state index in [2.05, 4.69) is 32.7 Å². The number of rotatable bonds is 8. The highest BCUT2D eigenvalue weighted by Crippen LogP contribution is 2.09. The van der Waals surface area contributed by atoms with E-state index in [4.69, 9.17) is 4.74 Å². The van der Waals surface area contributed by atoms with Gasteiger partial charge in [0.15, 0.2) is 0 Å². The van der Waals surface area contributed by atoms with Crippen LogP contribution in [0.1, 0.15) is 40.5 Å². The SMILES string of the molecule is C=C(C)CC(NCCC)C(C)OCC. The summed E-state index contributed by atoms with van der Waals surface area (Å²) >= 11 is 0. The van der Waals surface area contributed by atoms with Crippen LogP contribution in [0.2, 0.25) is 0 Å². The molecule has 0 radical (unpaired) electrons. The molecule has 0 saturated carbocycles. The Bertz CT molecular complexity index is 156. The van der Waals surface area contributed by atoms with Gasteiger partial charge in [0.25, 0.3) is 0 Å². The van der Waals surface area contributed by atoms with E-state index in [1.165, 1.54) is 5.57 Å². The minimum Gasteiger partial charge on any atom is -0.377 e. The number of hydrogen-bond donors (Lipinski definition) is 1. The molecule has 0 bridgehead atoms. The van der Waals surface area contributed by atoms with Crippen molar-refractivity contribution in [3.05, 3.63) is 12.2 Å². The molecule has 0 saturated heterocycles. The van der Waals surface area contributed by atoms with Gasteiger partial charge in [0, 0.05) is 12.6 Å². The first-order valence-corrected chi connectivity index (χ1v) is 5.61. The van der Waals surface area contributed by atoms with Crippen molar-refractivity contribution < 1.29 is 4.74 Å². The lowest BCUT2D eigenvalue weighted by atomic mass is 10.0. The molecule has 0 aliphatic rings. The molecule has 84 valence electrons. The van der Waals surface area contributed by atoms with Crippen molar-refractivity contribution in [2.45, 2.75) is 52.7 Å². The average molecular weight is 199 g/mol. The van der Waals surface area contributed by atoms with Gasteiger partial charge in [-0.1, -0.05) is 12.5 Å². The summed E-state index contributed by atoms with van der Waals surface area (Å²) in [6, 6.07) is 0.410. The molecule has 2 unspecified atom stereocenters. The number of hydrogen-bond acceptors (Lipinski definition) is 2. The third-order valence-corrected chi connectivity index (χ3v) is 2.22. The van der Waals surface area contributed by atoms with Crippen molar-refractivity contribution in [1.82, 2.24) is 5.32 Å². The Labute approximate surface area is 88.7 Å². The van der Waals surface area contributed by atoms with E-state index in [0.29, 0.717) is 6.04 Å². The topological polar surface area (TPSA) is 21.3 Å². The smallest absolute Gasteiger partial charge is 0.0702 e. The van der Waals surface area contributed by atoms with Gasteiger partial charge in [0.1, 0.15) is 0 Å². The molecule has 0 aromatic carbocycles. The predicted molar refractivity (Wildman–Crippen MR) is 62.6 cm³/mol. The normalized spacial score (nSPS) is 15.1. The highest BCUT2D eigenvalue weighted by molar-refractivity contribution is 4.94. The second kappa shape index (κ2) is 8.01. The molecule has 2 heteroatoms. The van der Waals surface area contributed by atoms with Crippen LogP contribution in [0.15, 0.2) is 12.2 Å². The molecule has 0 amide bonds. The van der Waals surface area contributed by atoms with E-state index in [1.54, 1.807) is 0 Å². The lowest BCUT2D eigenvalue weighted by Crippen LogP contribution is -2.40. The van der Waals surface area contributed by atoms with Gasteiger partial charge < -0.3 is 10.1 Å². The Morgan fingerprint density at radius 2 is 2.07 bits per heavy atom. The molecular weight excluding hydrogens is 174 g/mol. The fraction of sp³-hybridized carbons (Fsp3) is 0.833. The van der Waals surface area contributed by atoms with Crippen molar-refractivity contribution in [2.75, 3.05) is 13.2 Å². The summed E-state index contributed by atoms with van der Waals surface area (Å²) in [7, 11) is 0. The Morgan fingerprint density at radius 3 is 2.50 bits per heavy atom. The van der Waals surface area contributed by atoms with Crippen LogP contribution in [0.4, 0.5) is 0 Å². The third-order valence-electron chi connectivity index (χ3n) is 2.22. The zero-order valence-electron chi connectivity index (χ0n) is 10.1. The van der Waals surface area contributed by atoms with Crippen LogP contribution in [-0.2, 0) is 4.74 Å². The second-order valence-corrected chi connectivity index (χ2v) is 3.88. The maximum Gasteiger partial charge on any atom is 0.0702 e. The molecule has 2 atom stereocenters. The third kappa shape index (κ3) is 6.17. The van der Waals surface area contributed by atoms with Crippen LogP contribution in [0, 0.1) is 0 Å². The lowest BCUT2D eigenvalue weighted by molar-refractivity contribution is 0.0477. The zero-order valence-corrected chi connectivity index (χ0v) is 10.1. The van der Waals surface area contributed by atoms with E-state index < -0.39 is 0 Å². The van der Waals surface area contributed by atoms with Crippen molar-refractivity contribution in [3.63, 3.8) is 0 Å². The summed E-state index contributed by atoms with van der Waals surface area (Å²) in [4.78, 5) is 0. The highest BCUT2D eigenvalue weighted by Gasteiger charge is 2.16. The standard InChI is InChI=1S/C12H25NO/c1-6-8-13-12(9-10(3)4)11(5)14-7-2/h11-13H,3,6-9H2,1-2,4-5H3. The van der Waals surface area contributed by atoms with Gasteiger partial charge in [-0.25, -0.2) is 0 Å². The van der Waals surface area contributed by atoms with Crippen LogP contribution in [-0.4, -0.2) is 25.3 Å². The van der Waals surface area contributed by atoms with Crippen molar-refractivity contribution in [2.24, 2.45) is 0 Å². The average Bonchev–Trinajstić information content (AvgIpc) is 2.12. The van der Waals surface area contributed by atoms with Crippen molar-refractivity contribution in [1.29, 1.82) is 0 Å². The summed E-state index contributed by atoms with van der Waals surface area (Å²) < 4.78 is 5.60. The first-order valence-electron chi connectivity index (χ1n) is 5.61. The maximum absolute atomic E-state index is 5.60. The van der Waals surface area contributed by atoms with E-state index in [9.17, 15) is 0 Å². The zero-order chi connectivity index (χ0) is 11.0. The van der Waals surface area contributed by atoms with E-state index >= 15 is 0 Å². The fourth-order valence-electron chi connectivity index (χ4n) is 1.49. The number of nitrogens with one attached hydrogen (secondary N) is 1. The molecule has 0 aromatic rings. The van der Waals surface area contributed by atoms with Gasteiger partial charge in [-0.2, -0.15) is 0 Å². The minimum absolute atomic E-state index is 0.267. The molecule has 0 fully saturated rings. The monoisotopic (exact) mass is 199 g/mol. The molecule has 0 heterocycles. The van der Waals surface area contributed by atoms with Crippen LogP contribution in [0.5, 0.6) is 0 Å². The van der Waals surface area contributed by atoms with Crippen LogP contribution < -0.4 is 5.32 Å². The quantitative estimate of drug-likeness (QED) is 0.607. The highest BCUT2D eigenvalue weighted by atomic mass is 16.5. The lowest BCUT2D eigenvalue weighted by Gasteiger charge is -2.25. The summed E-state index contributed by atoms with van der Waals surface area (Å²) in [6.07, 6.45) is 2.43. The Kier molecular flexibility index (Phi) is 7.81. The first-order chi connectivity index (χ1) is 6.61. The van der Waals surface area contributed by atoms with Gasteiger partial charge in [-0.3, -0.25) is 0 Å². The van der Waals surface area contributed by atoms with E-state index in [0.717, 1.165) is 26.0 Å². The van der Waals surface area contributed by atoms with Gasteiger partial charge in [0.2, 0.25) is 0 Å². The Balaban J connectivity index is 4.00. The van der Waals surface area contributed by atoms with Gasteiger partial charge in [-0.15, -0.1) is 6.58 Å². The van der Waals surface area contributed by atoms with Crippen molar-refractivity contribution in [3.8, 4) is 0 Å². The Morgan fingerprint density at radius 1 is 1.43 bits per heavy atom. The molecule has 0 spiro atoms. The van der Waals surface area contributed by atoms with Gasteiger partial charge in [0.05, 0.1) is 6.10 Å². The molecule has 0 aliphatic heterocycles. The molecule has 0 aliphatic carbocycles. The molecule has 0 aromatic heterocycles. The maximum atomic E-state index is 5.60. The summed E-state index contributed by atoms with van der Waals surface area (Å²) in [5, 5.41) is 3.50. The van der Waals surface area contributed by atoms with E-state index in [-0.39, 0.29) is 6.10 Å². The van der Waals surface area contributed by atoms with Crippen LogP contribution in [0.3, 0.4) is 0 Å². The summed E-state index contributed by atoms with van der Waals surface area (Å²) in [5.74, 6) is 0. The second-order valence-electron chi connectivity index (χ2n) is 3.88. The van der Waals surface area contributed by atoms with Crippen LogP contribution >= 0.6 is 0 Å². The molecule has 14 heavy (non-hydrogen) atoms. The molecule has 2 nitrogen and oxygen atoms in total. The van der Waals surface area contributed by atoms with Gasteiger partial charge in [-0.05, 0) is 40.2 Å². The minimum atomic E-state index is 0.267. The van der Waals surface area contributed by atoms with Gasteiger partial charge >= 0.3 is 0 Å². The molecular formula is C12H25NO. The predicted octanol–water partition coefficient (Wildman–Crippen LogP) is 2.75. The summed E-state index contributed by atoms with van der Waals surface area (Å²) in [6.45, 7) is 14.2. The van der Waals surface area contributed by atoms with E-state index in [1.807, 2.05) is 6.92 Å². The first kappa shape index (κ1) is 13.7. The van der Waals surface area contributed by atoms with Crippen molar-refractivity contribution >= 4 is 0 Å². The fourth-order valence-corrected chi connectivity index (χ4v) is 1.49.